The molecule has 1 fully saturated rings. The first-order chi connectivity index (χ1) is 8.20. The molecule has 1 heterocycles. The summed E-state index contributed by atoms with van der Waals surface area (Å²) in [6.07, 6.45) is 0. The number of β-amino-alcohol motifs (C(OH)–C–C–N with tert-alkyl or cyclic N) is 1. The van der Waals surface area contributed by atoms with Crippen LogP contribution in [0.2, 0.25) is 0 Å². The molecule has 1 aromatic rings. The first-order valence-corrected chi connectivity index (χ1v) is 7.74. The van der Waals surface area contributed by atoms with Gasteiger partial charge in [0, 0.05) is 13.1 Å². The molecule has 0 unspecified atom stereocenters. The maximum Gasteiger partial charge on any atom is 0.218 e. The lowest BCUT2D eigenvalue weighted by atomic mass is 10.0. The second-order valence-corrected chi connectivity index (χ2v) is 7.59. The maximum atomic E-state index is 13.3. The fraction of sp³-hybridized carbons (Fsp3) is 0.455. The van der Waals surface area contributed by atoms with Crippen molar-refractivity contribution in [3.63, 3.8) is 0 Å². The first-order valence-electron chi connectivity index (χ1n) is 5.34. The summed E-state index contributed by atoms with van der Waals surface area (Å²) in [4.78, 5) is 0. The Balaban J connectivity index is 2.11. The zero-order chi connectivity index (χ0) is 13.6. The molecule has 0 amide bonds. The van der Waals surface area contributed by atoms with Gasteiger partial charge in [0.2, 0.25) is 10.0 Å². The van der Waals surface area contributed by atoms with E-state index in [1.165, 1.54) is 16.4 Å². The number of halogens is 2. The Morgan fingerprint density at radius 2 is 2.11 bits per heavy atom. The molecule has 0 spiro atoms. The summed E-state index contributed by atoms with van der Waals surface area (Å²) in [5.41, 5.74) is -0.555. The van der Waals surface area contributed by atoms with Gasteiger partial charge in [0.1, 0.15) is 5.82 Å². The minimum atomic E-state index is -3.49. The van der Waals surface area contributed by atoms with Crippen LogP contribution in [-0.2, 0) is 15.8 Å². The van der Waals surface area contributed by atoms with E-state index in [0.29, 0.717) is 10.0 Å². The number of aliphatic hydroxyl groups is 1. The van der Waals surface area contributed by atoms with Crippen LogP contribution in [0.15, 0.2) is 22.7 Å². The van der Waals surface area contributed by atoms with Crippen LogP contribution in [-0.4, -0.2) is 36.5 Å². The van der Waals surface area contributed by atoms with Crippen LogP contribution in [0.5, 0.6) is 0 Å². The summed E-state index contributed by atoms with van der Waals surface area (Å²) in [6, 6.07) is 4.23. The van der Waals surface area contributed by atoms with Crippen molar-refractivity contribution in [1.82, 2.24) is 4.31 Å². The average molecular weight is 338 g/mol. The molecular weight excluding hydrogens is 325 g/mol. The summed E-state index contributed by atoms with van der Waals surface area (Å²) in [5, 5.41) is 9.52. The van der Waals surface area contributed by atoms with Crippen LogP contribution in [0.3, 0.4) is 0 Å². The molecule has 1 aliphatic heterocycles. The fourth-order valence-electron chi connectivity index (χ4n) is 1.84. The van der Waals surface area contributed by atoms with E-state index in [9.17, 15) is 17.9 Å². The van der Waals surface area contributed by atoms with Crippen molar-refractivity contribution >= 4 is 26.0 Å². The van der Waals surface area contributed by atoms with E-state index in [1.54, 1.807) is 13.0 Å². The van der Waals surface area contributed by atoms with Gasteiger partial charge in [-0.2, -0.15) is 4.31 Å². The van der Waals surface area contributed by atoms with Crippen molar-refractivity contribution in [3.05, 3.63) is 34.1 Å². The van der Waals surface area contributed by atoms with Gasteiger partial charge in [-0.25, -0.2) is 12.8 Å². The molecule has 0 aromatic heterocycles. The molecule has 0 radical (unpaired) electrons. The smallest absolute Gasteiger partial charge is 0.218 e. The van der Waals surface area contributed by atoms with Crippen LogP contribution < -0.4 is 0 Å². The third kappa shape index (κ3) is 2.90. The summed E-state index contributed by atoms with van der Waals surface area (Å²) in [6.45, 7) is 1.76. The Labute approximate surface area is 114 Å². The minimum Gasteiger partial charge on any atom is -0.387 e. The Morgan fingerprint density at radius 3 is 2.61 bits per heavy atom. The summed E-state index contributed by atoms with van der Waals surface area (Å²) < 4.78 is 38.7. The SMILES string of the molecule is CC1(O)CN(S(=O)(=O)Cc2ccc(Br)c(F)c2)C1. The van der Waals surface area contributed by atoms with Crippen LogP contribution in [0.4, 0.5) is 4.39 Å². The minimum absolute atomic E-state index is 0.0916. The number of sulfonamides is 1. The normalized spacial score (nSPS) is 19.6. The monoisotopic (exact) mass is 337 g/mol. The Morgan fingerprint density at radius 1 is 1.50 bits per heavy atom. The number of benzene rings is 1. The molecule has 1 N–H and O–H groups in total. The van der Waals surface area contributed by atoms with Crippen molar-refractivity contribution in [1.29, 1.82) is 0 Å². The van der Waals surface area contributed by atoms with Gasteiger partial charge in [0.15, 0.2) is 0 Å². The molecule has 1 aliphatic rings. The fourth-order valence-corrected chi connectivity index (χ4v) is 3.82. The van der Waals surface area contributed by atoms with Gasteiger partial charge in [0.05, 0.1) is 15.8 Å². The number of hydrogen-bond donors (Lipinski definition) is 1. The lowest BCUT2D eigenvalue weighted by Crippen LogP contribution is -2.61. The van der Waals surface area contributed by atoms with E-state index < -0.39 is 21.4 Å². The van der Waals surface area contributed by atoms with Gasteiger partial charge >= 0.3 is 0 Å². The van der Waals surface area contributed by atoms with Crippen LogP contribution in [0.25, 0.3) is 0 Å². The molecular formula is C11H13BrFNO3S. The lowest BCUT2D eigenvalue weighted by molar-refractivity contribution is -0.0427. The van der Waals surface area contributed by atoms with E-state index in [1.807, 2.05) is 0 Å². The standard InChI is InChI=1S/C11H13BrFNO3S/c1-11(15)6-14(7-11)18(16,17)5-8-2-3-9(12)10(13)4-8/h2-4,15H,5-7H2,1H3. The third-order valence-corrected chi connectivity index (χ3v) is 5.15. The van der Waals surface area contributed by atoms with E-state index in [-0.39, 0.29) is 18.8 Å². The second kappa shape index (κ2) is 4.56. The highest BCUT2D eigenvalue weighted by atomic mass is 79.9. The van der Waals surface area contributed by atoms with Crippen LogP contribution in [0, 0.1) is 5.82 Å². The second-order valence-electron chi connectivity index (χ2n) is 4.77. The van der Waals surface area contributed by atoms with E-state index in [4.69, 9.17) is 0 Å². The lowest BCUT2D eigenvalue weighted by Gasteiger charge is -2.42. The van der Waals surface area contributed by atoms with E-state index in [0.717, 1.165) is 0 Å². The molecule has 1 aromatic carbocycles. The molecule has 0 atom stereocenters. The highest BCUT2D eigenvalue weighted by Gasteiger charge is 2.43. The van der Waals surface area contributed by atoms with Crippen molar-refractivity contribution in [3.8, 4) is 0 Å². The summed E-state index contributed by atoms with van der Waals surface area (Å²) in [7, 11) is -3.49. The molecule has 0 bridgehead atoms. The zero-order valence-corrected chi connectivity index (χ0v) is 12.1. The summed E-state index contributed by atoms with van der Waals surface area (Å²) >= 11 is 3.01. The molecule has 2 rings (SSSR count). The van der Waals surface area contributed by atoms with Gasteiger partial charge in [0.25, 0.3) is 0 Å². The molecule has 100 valence electrons. The third-order valence-electron chi connectivity index (χ3n) is 2.76. The number of nitrogens with zero attached hydrogens (tertiary/aromatic N) is 1. The molecule has 1 saturated heterocycles. The van der Waals surface area contributed by atoms with E-state index in [2.05, 4.69) is 15.9 Å². The van der Waals surface area contributed by atoms with Gasteiger partial charge in [-0.1, -0.05) is 6.07 Å². The predicted octanol–water partition coefficient (Wildman–Crippen LogP) is 1.48. The quantitative estimate of drug-likeness (QED) is 0.908. The van der Waals surface area contributed by atoms with Crippen molar-refractivity contribution in [2.45, 2.75) is 18.3 Å². The topological polar surface area (TPSA) is 57.6 Å². The number of rotatable bonds is 3. The van der Waals surface area contributed by atoms with Crippen LogP contribution in [0.1, 0.15) is 12.5 Å². The molecule has 0 aliphatic carbocycles. The Bertz CT molecular complexity index is 566. The largest absolute Gasteiger partial charge is 0.387 e. The Kier molecular flexibility index (Phi) is 3.52. The summed E-state index contributed by atoms with van der Waals surface area (Å²) in [5.74, 6) is -0.744. The Hall–Kier alpha value is -0.500. The first kappa shape index (κ1) is 13.9. The molecule has 0 saturated carbocycles. The number of hydrogen-bond acceptors (Lipinski definition) is 3. The van der Waals surface area contributed by atoms with Gasteiger partial charge < -0.3 is 5.11 Å². The van der Waals surface area contributed by atoms with Crippen molar-refractivity contribution < 1.29 is 17.9 Å². The maximum absolute atomic E-state index is 13.3. The van der Waals surface area contributed by atoms with Crippen molar-refractivity contribution in [2.75, 3.05) is 13.1 Å². The van der Waals surface area contributed by atoms with Crippen LogP contribution >= 0.6 is 15.9 Å². The van der Waals surface area contributed by atoms with Gasteiger partial charge in [-0.3, -0.25) is 0 Å². The van der Waals surface area contributed by atoms with Gasteiger partial charge in [-0.05, 0) is 40.5 Å². The predicted molar refractivity (Wildman–Crippen MR) is 68.9 cm³/mol. The zero-order valence-electron chi connectivity index (χ0n) is 9.73. The average Bonchev–Trinajstić information content (AvgIpc) is 2.19. The molecule has 7 heteroatoms. The van der Waals surface area contributed by atoms with Crippen molar-refractivity contribution in [2.24, 2.45) is 0 Å². The highest BCUT2D eigenvalue weighted by molar-refractivity contribution is 9.10. The highest BCUT2D eigenvalue weighted by Crippen LogP contribution is 2.26. The molecule has 4 nitrogen and oxygen atoms in total. The van der Waals surface area contributed by atoms with Gasteiger partial charge in [-0.15, -0.1) is 0 Å². The molecule has 18 heavy (non-hydrogen) atoms. The van der Waals surface area contributed by atoms with E-state index >= 15 is 0 Å².